The Hall–Kier alpha value is -1.41. The average molecular weight is 376 g/mol. The van der Waals surface area contributed by atoms with Gasteiger partial charge in [0.15, 0.2) is 0 Å². The van der Waals surface area contributed by atoms with Gasteiger partial charge in [0.05, 0.1) is 23.2 Å². The molecule has 2 heterocycles. The van der Waals surface area contributed by atoms with E-state index in [4.69, 9.17) is 16.3 Å². The number of nitrogens with zero attached hydrogens (tertiary/aromatic N) is 3. The molecule has 1 aromatic heterocycles. The molecule has 0 unspecified atom stereocenters. The summed E-state index contributed by atoms with van der Waals surface area (Å²) in [6.07, 6.45) is 4.29. The fraction of sp³-hybridized carbons (Fsp3) is 0.667. The van der Waals surface area contributed by atoms with Crippen LogP contribution in [-0.4, -0.2) is 53.3 Å². The Kier molecular flexibility index (Phi) is 5.70. The standard InChI is InChI=1S/C15H22ClN3O4S/c1-15(2,3)23-14(20)19-7-5-4-6-12(19)10-24(21,22)13-17-8-11(16)9-18-13/h8-9,12H,4-7,10H2,1-3H3/t12-/m1/s1. The predicted octanol–water partition coefficient (Wildman–Crippen LogP) is 2.69. The van der Waals surface area contributed by atoms with Gasteiger partial charge >= 0.3 is 6.09 Å². The highest BCUT2D eigenvalue weighted by molar-refractivity contribution is 7.91. The van der Waals surface area contributed by atoms with Crippen LogP contribution in [0.15, 0.2) is 17.6 Å². The molecule has 9 heteroatoms. The van der Waals surface area contributed by atoms with E-state index >= 15 is 0 Å². The lowest BCUT2D eigenvalue weighted by Gasteiger charge is -2.36. The molecule has 134 valence electrons. The number of hydrogen-bond acceptors (Lipinski definition) is 6. The molecule has 0 saturated carbocycles. The van der Waals surface area contributed by atoms with Crippen LogP contribution in [0.4, 0.5) is 4.79 Å². The van der Waals surface area contributed by atoms with Gasteiger partial charge in [0.2, 0.25) is 15.0 Å². The van der Waals surface area contributed by atoms with Crippen LogP contribution in [0.2, 0.25) is 5.02 Å². The van der Waals surface area contributed by atoms with Gasteiger partial charge in [-0.2, -0.15) is 0 Å². The van der Waals surface area contributed by atoms with Crippen molar-refractivity contribution in [1.82, 2.24) is 14.9 Å². The summed E-state index contributed by atoms with van der Waals surface area (Å²) in [5, 5.41) is -0.0105. The highest BCUT2D eigenvalue weighted by Crippen LogP contribution is 2.23. The van der Waals surface area contributed by atoms with E-state index in [1.807, 2.05) is 0 Å². The Balaban J connectivity index is 2.15. The average Bonchev–Trinajstić information content (AvgIpc) is 2.46. The Morgan fingerprint density at radius 2 is 1.96 bits per heavy atom. The summed E-state index contributed by atoms with van der Waals surface area (Å²) in [7, 11) is -3.72. The molecule has 1 aliphatic rings. The number of sulfone groups is 1. The maximum absolute atomic E-state index is 12.5. The third kappa shape index (κ3) is 5.04. The van der Waals surface area contributed by atoms with Gasteiger partial charge in [-0.1, -0.05) is 11.6 Å². The van der Waals surface area contributed by atoms with Crippen LogP contribution in [0, 0.1) is 0 Å². The number of likely N-dealkylation sites (tertiary alicyclic amines) is 1. The zero-order valence-corrected chi connectivity index (χ0v) is 15.6. The van der Waals surface area contributed by atoms with Crippen LogP contribution >= 0.6 is 11.6 Å². The molecule has 7 nitrogen and oxygen atoms in total. The van der Waals surface area contributed by atoms with Crippen molar-refractivity contribution in [3.63, 3.8) is 0 Å². The fourth-order valence-electron chi connectivity index (χ4n) is 2.52. The maximum atomic E-state index is 12.5. The minimum Gasteiger partial charge on any atom is -0.444 e. The van der Waals surface area contributed by atoms with E-state index in [2.05, 4.69) is 9.97 Å². The number of hydrogen-bond donors (Lipinski definition) is 0. The first-order valence-electron chi connectivity index (χ1n) is 7.78. The maximum Gasteiger partial charge on any atom is 0.410 e. The van der Waals surface area contributed by atoms with Crippen molar-refractivity contribution in [3.8, 4) is 0 Å². The molecule has 0 aliphatic carbocycles. The van der Waals surface area contributed by atoms with Crippen molar-refractivity contribution in [1.29, 1.82) is 0 Å². The van der Waals surface area contributed by atoms with Crippen LogP contribution in [-0.2, 0) is 14.6 Å². The van der Waals surface area contributed by atoms with Crippen molar-refractivity contribution >= 4 is 27.5 Å². The van der Waals surface area contributed by atoms with E-state index in [9.17, 15) is 13.2 Å². The van der Waals surface area contributed by atoms with Crippen LogP contribution < -0.4 is 0 Å². The zero-order valence-electron chi connectivity index (χ0n) is 14.0. The Morgan fingerprint density at radius 1 is 1.33 bits per heavy atom. The monoisotopic (exact) mass is 375 g/mol. The summed E-state index contributed by atoms with van der Waals surface area (Å²) >= 11 is 5.69. The lowest BCUT2D eigenvalue weighted by molar-refractivity contribution is 0.0124. The minimum atomic E-state index is -3.72. The number of amides is 1. The fourth-order valence-corrected chi connectivity index (χ4v) is 4.05. The topological polar surface area (TPSA) is 89.5 Å². The molecule has 2 rings (SSSR count). The molecule has 1 amide bonds. The minimum absolute atomic E-state index is 0.228. The van der Waals surface area contributed by atoms with Crippen LogP contribution in [0.3, 0.4) is 0 Å². The predicted molar refractivity (Wildman–Crippen MR) is 89.7 cm³/mol. The van der Waals surface area contributed by atoms with E-state index in [0.717, 1.165) is 12.8 Å². The Morgan fingerprint density at radius 3 is 2.54 bits per heavy atom. The van der Waals surface area contributed by atoms with Gasteiger partial charge in [-0.15, -0.1) is 0 Å². The number of piperidine rings is 1. The number of ether oxygens (including phenoxy) is 1. The molecule has 1 saturated heterocycles. The third-order valence-corrected chi connectivity index (χ3v) is 5.33. The van der Waals surface area contributed by atoms with Gasteiger partial charge < -0.3 is 9.64 Å². The largest absolute Gasteiger partial charge is 0.444 e. The number of halogens is 1. The Labute approximate surface area is 147 Å². The van der Waals surface area contributed by atoms with Crippen molar-refractivity contribution < 1.29 is 17.9 Å². The summed E-state index contributed by atoms with van der Waals surface area (Å²) in [5.74, 6) is -0.228. The number of carbonyl (C=O) groups is 1. The van der Waals surface area contributed by atoms with Crippen LogP contribution in [0.5, 0.6) is 0 Å². The third-order valence-electron chi connectivity index (χ3n) is 3.54. The number of rotatable bonds is 3. The first-order valence-corrected chi connectivity index (χ1v) is 9.81. The molecule has 24 heavy (non-hydrogen) atoms. The first kappa shape index (κ1) is 18.9. The second kappa shape index (κ2) is 7.23. The zero-order chi connectivity index (χ0) is 18.0. The van der Waals surface area contributed by atoms with E-state index in [1.165, 1.54) is 17.3 Å². The molecule has 0 aromatic carbocycles. The summed E-state index contributed by atoms with van der Waals surface area (Å²) in [6.45, 7) is 5.82. The molecule has 1 fully saturated rings. The lowest BCUT2D eigenvalue weighted by Crippen LogP contribution is -2.49. The van der Waals surface area contributed by atoms with Crippen LogP contribution in [0.1, 0.15) is 40.0 Å². The molecular formula is C15H22ClN3O4S. The molecule has 1 aliphatic heterocycles. The summed E-state index contributed by atoms with van der Waals surface area (Å²) in [4.78, 5) is 21.4. The lowest BCUT2D eigenvalue weighted by atomic mass is 10.0. The van der Waals surface area contributed by atoms with Crippen LogP contribution in [0.25, 0.3) is 0 Å². The molecule has 0 radical (unpaired) electrons. The van der Waals surface area contributed by atoms with Gasteiger partial charge in [0.1, 0.15) is 5.60 Å². The van der Waals surface area contributed by atoms with Crippen molar-refractivity contribution in [2.75, 3.05) is 12.3 Å². The highest BCUT2D eigenvalue weighted by atomic mass is 35.5. The first-order chi connectivity index (χ1) is 11.1. The molecule has 1 aromatic rings. The van der Waals surface area contributed by atoms with Crippen molar-refractivity contribution in [2.45, 2.75) is 56.8 Å². The Bertz CT molecular complexity index is 686. The summed E-state index contributed by atoms with van der Waals surface area (Å²) in [6, 6.07) is -0.446. The van der Waals surface area contributed by atoms with Gasteiger partial charge in [-0.3, -0.25) is 0 Å². The number of aromatic nitrogens is 2. The van der Waals surface area contributed by atoms with Gasteiger partial charge in [-0.05, 0) is 40.0 Å². The number of carbonyl (C=O) groups excluding carboxylic acids is 1. The second-order valence-electron chi connectivity index (χ2n) is 6.79. The smallest absolute Gasteiger partial charge is 0.410 e. The normalized spacial score (nSPS) is 19.2. The van der Waals surface area contributed by atoms with Gasteiger partial charge in [0, 0.05) is 12.6 Å². The molecule has 1 atom stereocenters. The second-order valence-corrected chi connectivity index (χ2v) is 9.15. The molecule has 0 N–H and O–H groups in total. The summed E-state index contributed by atoms with van der Waals surface area (Å²) in [5.41, 5.74) is -0.628. The van der Waals surface area contributed by atoms with E-state index in [0.29, 0.717) is 13.0 Å². The highest BCUT2D eigenvalue weighted by Gasteiger charge is 2.34. The van der Waals surface area contributed by atoms with Crippen molar-refractivity contribution in [2.24, 2.45) is 0 Å². The molecule has 0 spiro atoms. The molecular weight excluding hydrogens is 354 g/mol. The van der Waals surface area contributed by atoms with Gasteiger partial charge in [-0.25, -0.2) is 23.2 Å². The quantitative estimate of drug-likeness (QED) is 0.754. The van der Waals surface area contributed by atoms with E-state index in [1.54, 1.807) is 20.8 Å². The van der Waals surface area contributed by atoms with E-state index in [-0.39, 0.29) is 15.9 Å². The van der Waals surface area contributed by atoms with Crippen molar-refractivity contribution in [3.05, 3.63) is 17.4 Å². The molecule has 0 bridgehead atoms. The summed E-state index contributed by atoms with van der Waals surface area (Å²) < 4.78 is 30.4. The van der Waals surface area contributed by atoms with E-state index < -0.39 is 27.6 Å². The van der Waals surface area contributed by atoms with Gasteiger partial charge in [0.25, 0.3) is 0 Å². The SMILES string of the molecule is CC(C)(C)OC(=O)N1CCCC[C@@H]1CS(=O)(=O)c1ncc(Cl)cn1.